The molecule has 0 amide bonds. The second kappa shape index (κ2) is 8.18. The van der Waals surface area contributed by atoms with Crippen LogP contribution in [0.1, 0.15) is 86.0 Å². The number of ketones is 1. The molecule has 5 heteroatoms. The van der Waals surface area contributed by atoms with Gasteiger partial charge in [0.1, 0.15) is 0 Å². The van der Waals surface area contributed by atoms with Crippen LogP contribution in [0.2, 0.25) is 0 Å². The highest BCUT2D eigenvalue weighted by molar-refractivity contribution is 5.94. The fourth-order valence-corrected chi connectivity index (χ4v) is 8.37. The van der Waals surface area contributed by atoms with E-state index >= 15 is 0 Å². The van der Waals surface area contributed by atoms with Gasteiger partial charge >= 0.3 is 0 Å². The van der Waals surface area contributed by atoms with Gasteiger partial charge in [-0.2, -0.15) is 0 Å². The molecule has 0 bridgehead atoms. The lowest BCUT2D eigenvalue weighted by molar-refractivity contribution is -0.151. The Morgan fingerprint density at radius 3 is 2.34 bits per heavy atom. The predicted molar refractivity (Wildman–Crippen MR) is 124 cm³/mol. The minimum absolute atomic E-state index is 0.0107. The van der Waals surface area contributed by atoms with Crippen molar-refractivity contribution in [2.24, 2.45) is 40.4 Å². The summed E-state index contributed by atoms with van der Waals surface area (Å²) in [6.45, 7) is 10.5. The van der Waals surface area contributed by atoms with Gasteiger partial charge in [-0.25, -0.2) is 0 Å². The lowest BCUT2D eigenvalue weighted by Gasteiger charge is -2.58. The summed E-state index contributed by atoms with van der Waals surface area (Å²) in [4.78, 5) is 13.2. The highest BCUT2D eigenvalue weighted by atomic mass is 16.3. The van der Waals surface area contributed by atoms with Crippen molar-refractivity contribution in [3.05, 3.63) is 11.6 Å². The molecule has 32 heavy (non-hydrogen) atoms. The van der Waals surface area contributed by atoms with Crippen molar-refractivity contribution in [1.29, 1.82) is 0 Å². The standard InChI is InChI=1S/C27H44O5/c1-15(2)6-9-24(31)27(5,32)23-8-7-17-16-12-20(28)19-13-21(29)22(30)14-26(19,4)18(16)10-11-25(17,23)3/h12,15,17-19,21-24,29-32H,6-11,13-14H2,1-5H3/t17-,18-,19-,21+,22-,23-,24+,25-,26+,27+/m0/s1. The summed E-state index contributed by atoms with van der Waals surface area (Å²) < 4.78 is 0. The van der Waals surface area contributed by atoms with Crippen molar-refractivity contribution in [3.63, 3.8) is 0 Å². The number of allylic oxidation sites excluding steroid dienone is 2. The number of aliphatic hydroxyl groups is 4. The molecular weight excluding hydrogens is 404 g/mol. The maximum absolute atomic E-state index is 13.2. The van der Waals surface area contributed by atoms with E-state index in [4.69, 9.17) is 0 Å². The molecule has 3 saturated carbocycles. The zero-order valence-corrected chi connectivity index (χ0v) is 20.6. The Morgan fingerprint density at radius 1 is 1.03 bits per heavy atom. The first-order valence-corrected chi connectivity index (χ1v) is 12.8. The van der Waals surface area contributed by atoms with Crippen LogP contribution in [0.3, 0.4) is 0 Å². The lowest BCUT2D eigenvalue weighted by atomic mass is 9.47. The molecule has 0 unspecified atom stereocenters. The van der Waals surface area contributed by atoms with Gasteiger partial charge in [-0.15, -0.1) is 0 Å². The van der Waals surface area contributed by atoms with Crippen LogP contribution in [0.25, 0.3) is 0 Å². The van der Waals surface area contributed by atoms with Gasteiger partial charge in [-0.3, -0.25) is 4.79 Å². The third kappa shape index (κ3) is 3.62. The normalized spacial score (nSPS) is 46.7. The predicted octanol–water partition coefficient (Wildman–Crippen LogP) is 3.62. The maximum Gasteiger partial charge on any atom is 0.159 e. The molecular formula is C27H44O5. The van der Waals surface area contributed by atoms with Crippen LogP contribution >= 0.6 is 0 Å². The number of rotatable bonds is 5. The Balaban J connectivity index is 1.62. The first-order chi connectivity index (χ1) is 14.8. The Hall–Kier alpha value is -0.750. The van der Waals surface area contributed by atoms with Crippen LogP contribution in [0, 0.1) is 40.4 Å². The van der Waals surface area contributed by atoms with Crippen molar-refractivity contribution in [2.45, 2.75) is 110 Å². The maximum atomic E-state index is 13.2. The van der Waals surface area contributed by atoms with Gasteiger partial charge < -0.3 is 20.4 Å². The van der Waals surface area contributed by atoms with E-state index in [0.717, 1.165) is 32.1 Å². The Labute approximate surface area is 193 Å². The molecule has 5 nitrogen and oxygen atoms in total. The number of carbonyl (C=O) groups is 1. The van der Waals surface area contributed by atoms with Crippen LogP contribution in [0.15, 0.2) is 11.6 Å². The summed E-state index contributed by atoms with van der Waals surface area (Å²) in [6.07, 6.45) is 5.49. The minimum Gasteiger partial charge on any atom is -0.390 e. The Morgan fingerprint density at radius 2 is 1.69 bits per heavy atom. The van der Waals surface area contributed by atoms with E-state index in [9.17, 15) is 25.2 Å². The number of aliphatic hydroxyl groups excluding tert-OH is 3. The van der Waals surface area contributed by atoms with Gasteiger partial charge in [-0.05, 0) is 98.9 Å². The molecule has 4 aliphatic rings. The molecule has 0 aromatic rings. The molecule has 4 aliphatic carbocycles. The SMILES string of the molecule is CC(C)CC[C@@H](O)[C@](C)(O)[C@H]1CC[C@H]2C3=CC(=O)[C@@H]4C[C@@H](O)[C@@H](O)C[C@]4(C)[C@H]3CC[C@]12C. The van der Waals surface area contributed by atoms with Gasteiger partial charge in [0.05, 0.1) is 23.9 Å². The summed E-state index contributed by atoms with van der Waals surface area (Å²) in [7, 11) is 0. The van der Waals surface area contributed by atoms with Crippen LogP contribution < -0.4 is 0 Å². The molecule has 3 fully saturated rings. The number of hydrogen-bond acceptors (Lipinski definition) is 5. The van der Waals surface area contributed by atoms with Crippen molar-refractivity contribution in [3.8, 4) is 0 Å². The molecule has 0 saturated heterocycles. The largest absolute Gasteiger partial charge is 0.390 e. The van der Waals surface area contributed by atoms with E-state index in [0.29, 0.717) is 25.2 Å². The summed E-state index contributed by atoms with van der Waals surface area (Å²) in [6, 6.07) is 0. The van der Waals surface area contributed by atoms with E-state index in [1.165, 1.54) is 5.57 Å². The van der Waals surface area contributed by atoms with Gasteiger partial charge in [-0.1, -0.05) is 33.3 Å². The average molecular weight is 449 g/mol. The van der Waals surface area contributed by atoms with Gasteiger partial charge in [0.2, 0.25) is 0 Å². The van der Waals surface area contributed by atoms with Gasteiger partial charge in [0.25, 0.3) is 0 Å². The molecule has 0 heterocycles. The summed E-state index contributed by atoms with van der Waals surface area (Å²) in [5.41, 5.74) is -0.414. The van der Waals surface area contributed by atoms with E-state index in [-0.39, 0.29) is 40.3 Å². The quantitative estimate of drug-likeness (QED) is 0.515. The molecule has 0 spiro atoms. The zero-order chi connectivity index (χ0) is 23.6. The fourth-order valence-electron chi connectivity index (χ4n) is 8.37. The van der Waals surface area contributed by atoms with Crippen molar-refractivity contribution in [1.82, 2.24) is 0 Å². The molecule has 0 radical (unpaired) electrons. The topological polar surface area (TPSA) is 98.0 Å². The molecule has 10 atom stereocenters. The Bertz CT molecular complexity index is 772. The Kier molecular flexibility index (Phi) is 6.23. The molecule has 182 valence electrons. The zero-order valence-electron chi connectivity index (χ0n) is 20.6. The summed E-state index contributed by atoms with van der Waals surface area (Å²) >= 11 is 0. The first-order valence-electron chi connectivity index (χ1n) is 12.8. The van der Waals surface area contributed by atoms with Gasteiger partial charge in [0.15, 0.2) is 5.78 Å². The summed E-state index contributed by atoms with van der Waals surface area (Å²) in [5.74, 6) is 0.807. The number of carbonyl (C=O) groups excluding carboxylic acids is 1. The second-order valence-corrected chi connectivity index (χ2v) is 12.7. The van der Waals surface area contributed by atoms with Crippen LogP contribution in [0.5, 0.6) is 0 Å². The van der Waals surface area contributed by atoms with E-state index < -0.39 is 23.9 Å². The van der Waals surface area contributed by atoms with Crippen molar-refractivity contribution < 1.29 is 25.2 Å². The first kappa shape index (κ1) is 24.4. The fraction of sp³-hybridized carbons (Fsp3) is 0.889. The summed E-state index contributed by atoms with van der Waals surface area (Å²) in [5, 5.41) is 43.2. The minimum atomic E-state index is -1.15. The van der Waals surface area contributed by atoms with Gasteiger partial charge in [0, 0.05) is 5.92 Å². The number of fused-ring (bicyclic) bond motifs is 5. The molecule has 0 aliphatic heterocycles. The highest BCUT2D eigenvalue weighted by Crippen LogP contribution is 2.67. The monoisotopic (exact) mass is 448 g/mol. The molecule has 4 N–H and O–H groups in total. The smallest absolute Gasteiger partial charge is 0.159 e. The number of hydrogen-bond donors (Lipinski definition) is 4. The highest BCUT2D eigenvalue weighted by Gasteiger charge is 2.63. The second-order valence-electron chi connectivity index (χ2n) is 12.7. The third-order valence-electron chi connectivity index (χ3n) is 10.3. The van der Waals surface area contributed by atoms with Crippen LogP contribution in [-0.4, -0.2) is 50.1 Å². The van der Waals surface area contributed by atoms with Crippen molar-refractivity contribution >= 4 is 5.78 Å². The molecule has 0 aromatic heterocycles. The lowest BCUT2D eigenvalue weighted by Crippen LogP contribution is -2.57. The van der Waals surface area contributed by atoms with Crippen LogP contribution in [-0.2, 0) is 4.79 Å². The third-order valence-corrected chi connectivity index (χ3v) is 10.3. The van der Waals surface area contributed by atoms with E-state index in [1.54, 1.807) is 0 Å². The molecule has 4 rings (SSSR count). The molecule has 0 aromatic carbocycles. The van der Waals surface area contributed by atoms with E-state index in [1.807, 2.05) is 13.0 Å². The van der Waals surface area contributed by atoms with Crippen LogP contribution in [0.4, 0.5) is 0 Å². The average Bonchev–Trinajstić information content (AvgIpc) is 3.06. The van der Waals surface area contributed by atoms with E-state index in [2.05, 4.69) is 27.7 Å². The van der Waals surface area contributed by atoms with Crippen molar-refractivity contribution in [2.75, 3.05) is 0 Å².